The van der Waals surface area contributed by atoms with Crippen LogP contribution in [0, 0.1) is 0 Å². The van der Waals surface area contributed by atoms with E-state index in [1.165, 1.54) is 6.20 Å². The molecule has 1 amide bonds. The van der Waals surface area contributed by atoms with Crippen LogP contribution in [-0.4, -0.2) is 26.7 Å². The Morgan fingerprint density at radius 3 is 2.79 bits per heavy atom. The summed E-state index contributed by atoms with van der Waals surface area (Å²) in [4.78, 5) is 15.2. The monoisotopic (exact) mass is 259 g/mol. The van der Waals surface area contributed by atoms with Crippen LogP contribution in [0.15, 0.2) is 36.9 Å². The Morgan fingerprint density at radius 2 is 2.26 bits per heavy atom. The van der Waals surface area contributed by atoms with Gasteiger partial charge in [0.05, 0.1) is 17.8 Å². The Morgan fingerprint density at radius 1 is 1.47 bits per heavy atom. The minimum atomic E-state index is -0.499. The van der Waals surface area contributed by atoms with Crippen molar-refractivity contribution in [2.24, 2.45) is 11.5 Å². The summed E-state index contributed by atoms with van der Waals surface area (Å²) >= 11 is 0. The largest absolute Gasteiger partial charge is 0.366 e. The Hall–Kier alpha value is -2.21. The Labute approximate surface area is 111 Å². The molecule has 2 aromatic rings. The first-order valence-electron chi connectivity index (χ1n) is 6.13. The van der Waals surface area contributed by atoms with Crippen molar-refractivity contribution < 1.29 is 4.79 Å². The number of nitrogens with two attached hydrogens (primary N) is 2. The molecule has 0 bridgehead atoms. The molecule has 0 aliphatic heterocycles. The summed E-state index contributed by atoms with van der Waals surface area (Å²) in [5, 5.41) is 4.19. The second-order valence-electron chi connectivity index (χ2n) is 4.38. The number of carbonyl (C=O) groups is 1. The lowest BCUT2D eigenvalue weighted by molar-refractivity contribution is 0.1000. The maximum Gasteiger partial charge on any atom is 0.251 e. The minimum Gasteiger partial charge on any atom is -0.366 e. The van der Waals surface area contributed by atoms with Crippen LogP contribution < -0.4 is 11.5 Å². The molecule has 4 N–H and O–H groups in total. The fraction of sp³-hybridized carbons (Fsp3) is 0.308. The Bertz CT molecular complexity index is 551. The first-order chi connectivity index (χ1) is 9.13. The van der Waals surface area contributed by atoms with Crippen molar-refractivity contribution in [2.45, 2.75) is 25.4 Å². The van der Waals surface area contributed by atoms with Gasteiger partial charge in [0.15, 0.2) is 0 Å². The van der Waals surface area contributed by atoms with Crippen molar-refractivity contribution in [1.29, 1.82) is 0 Å². The van der Waals surface area contributed by atoms with Gasteiger partial charge in [-0.3, -0.25) is 14.5 Å². The molecule has 100 valence electrons. The molecule has 0 aliphatic rings. The Balaban J connectivity index is 2.40. The van der Waals surface area contributed by atoms with Crippen molar-refractivity contribution in [3.8, 4) is 0 Å². The van der Waals surface area contributed by atoms with E-state index in [0.717, 1.165) is 12.0 Å². The molecule has 6 heteroatoms. The number of nitrogens with zero attached hydrogens (tertiary/aromatic N) is 3. The van der Waals surface area contributed by atoms with Gasteiger partial charge in [-0.25, -0.2) is 0 Å². The van der Waals surface area contributed by atoms with Gasteiger partial charge in [0.25, 0.3) is 5.91 Å². The molecule has 2 aromatic heterocycles. The van der Waals surface area contributed by atoms with Crippen LogP contribution in [0.2, 0.25) is 0 Å². The van der Waals surface area contributed by atoms with Crippen molar-refractivity contribution >= 4 is 5.91 Å². The number of pyridine rings is 1. The molecule has 0 aliphatic carbocycles. The summed E-state index contributed by atoms with van der Waals surface area (Å²) in [7, 11) is 0. The average molecular weight is 259 g/mol. The van der Waals surface area contributed by atoms with Crippen LogP contribution in [0.25, 0.3) is 0 Å². The van der Waals surface area contributed by atoms with Gasteiger partial charge in [-0.15, -0.1) is 0 Å². The first kappa shape index (κ1) is 13.2. The number of primary amides is 1. The SMILES string of the molecule is CCC(N)C(c1cccnc1)n1cc(C(N)=O)cn1. The molecule has 0 saturated carbocycles. The lowest BCUT2D eigenvalue weighted by atomic mass is 10.00. The highest BCUT2D eigenvalue weighted by atomic mass is 16.1. The maximum absolute atomic E-state index is 11.1. The van der Waals surface area contributed by atoms with Gasteiger partial charge in [0.1, 0.15) is 0 Å². The van der Waals surface area contributed by atoms with Gasteiger partial charge < -0.3 is 11.5 Å². The number of carbonyl (C=O) groups excluding carboxylic acids is 1. The molecule has 2 unspecified atom stereocenters. The van der Waals surface area contributed by atoms with Crippen LogP contribution in [0.5, 0.6) is 0 Å². The summed E-state index contributed by atoms with van der Waals surface area (Å²) in [6.45, 7) is 2.01. The highest BCUT2D eigenvalue weighted by molar-refractivity contribution is 5.92. The van der Waals surface area contributed by atoms with E-state index in [0.29, 0.717) is 5.56 Å². The predicted octanol–water partition coefficient (Wildman–Crippen LogP) is 0.704. The number of amides is 1. The lowest BCUT2D eigenvalue weighted by Gasteiger charge is -2.23. The fourth-order valence-corrected chi connectivity index (χ4v) is 1.99. The van der Waals surface area contributed by atoms with Crippen LogP contribution >= 0.6 is 0 Å². The molecule has 19 heavy (non-hydrogen) atoms. The third-order valence-electron chi connectivity index (χ3n) is 3.07. The van der Waals surface area contributed by atoms with Crippen molar-refractivity contribution in [1.82, 2.24) is 14.8 Å². The van der Waals surface area contributed by atoms with E-state index >= 15 is 0 Å². The molecule has 0 radical (unpaired) electrons. The first-order valence-corrected chi connectivity index (χ1v) is 6.13. The molecule has 6 nitrogen and oxygen atoms in total. The van der Waals surface area contributed by atoms with Gasteiger partial charge in [-0.1, -0.05) is 13.0 Å². The topological polar surface area (TPSA) is 99.8 Å². The van der Waals surface area contributed by atoms with Crippen LogP contribution in [0.1, 0.15) is 35.3 Å². The highest BCUT2D eigenvalue weighted by Gasteiger charge is 2.22. The van der Waals surface area contributed by atoms with Gasteiger partial charge in [0.2, 0.25) is 0 Å². The summed E-state index contributed by atoms with van der Waals surface area (Å²) in [5.41, 5.74) is 12.7. The lowest BCUT2D eigenvalue weighted by Crippen LogP contribution is -2.33. The molecular weight excluding hydrogens is 242 g/mol. The normalized spacial score (nSPS) is 14.0. The highest BCUT2D eigenvalue weighted by Crippen LogP contribution is 2.21. The van der Waals surface area contributed by atoms with E-state index in [1.807, 2.05) is 19.1 Å². The second-order valence-corrected chi connectivity index (χ2v) is 4.38. The number of hydrogen-bond donors (Lipinski definition) is 2. The Kier molecular flexibility index (Phi) is 3.91. The van der Waals surface area contributed by atoms with E-state index in [-0.39, 0.29) is 12.1 Å². The minimum absolute atomic E-state index is 0.121. The van der Waals surface area contributed by atoms with Gasteiger partial charge in [-0.05, 0) is 18.1 Å². The fourth-order valence-electron chi connectivity index (χ4n) is 1.99. The summed E-state index contributed by atoms with van der Waals surface area (Å²) in [6, 6.07) is 3.51. The smallest absolute Gasteiger partial charge is 0.251 e. The van der Waals surface area contributed by atoms with Gasteiger partial charge >= 0.3 is 0 Å². The van der Waals surface area contributed by atoms with E-state index < -0.39 is 5.91 Å². The van der Waals surface area contributed by atoms with Crippen LogP contribution in [0.4, 0.5) is 0 Å². The summed E-state index contributed by atoms with van der Waals surface area (Å²) in [5.74, 6) is -0.499. The predicted molar refractivity (Wildman–Crippen MR) is 71.4 cm³/mol. The van der Waals surface area contributed by atoms with Gasteiger partial charge in [-0.2, -0.15) is 5.10 Å². The third kappa shape index (κ3) is 2.79. The molecule has 2 heterocycles. The van der Waals surface area contributed by atoms with E-state index in [4.69, 9.17) is 11.5 Å². The molecule has 0 fully saturated rings. The zero-order valence-electron chi connectivity index (χ0n) is 10.7. The van der Waals surface area contributed by atoms with Crippen LogP contribution in [0.3, 0.4) is 0 Å². The zero-order chi connectivity index (χ0) is 13.8. The number of rotatable bonds is 5. The quantitative estimate of drug-likeness (QED) is 0.825. The van der Waals surface area contributed by atoms with E-state index in [1.54, 1.807) is 23.3 Å². The average Bonchev–Trinajstić information content (AvgIpc) is 2.89. The molecule has 0 aromatic carbocycles. The molecule has 0 saturated heterocycles. The molecule has 0 spiro atoms. The third-order valence-corrected chi connectivity index (χ3v) is 3.07. The standard InChI is InChI=1S/C13H17N5O/c1-2-11(14)12(9-4-3-5-16-6-9)18-8-10(7-17-18)13(15)19/h3-8,11-12H,2,14H2,1H3,(H2,15,19). The van der Waals surface area contributed by atoms with Gasteiger partial charge in [0, 0.05) is 24.6 Å². The second kappa shape index (κ2) is 5.62. The number of aromatic nitrogens is 3. The molecule has 2 atom stereocenters. The number of hydrogen-bond acceptors (Lipinski definition) is 4. The molecular formula is C13H17N5O. The maximum atomic E-state index is 11.1. The summed E-state index contributed by atoms with van der Waals surface area (Å²) in [6.07, 6.45) is 7.32. The van der Waals surface area contributed by atoms with Crippen LogP contribution in [-0.2, 0) is 0 Å². The zero-order valence-corrected chi connectivity index (χ0v) is 10.7. The van der Waals surface area contributed by atoms with Crippen molar-refractivity contribution in [3.05, 3.63) is 48.0 Å². The van der Waals surface area contributed by atoms with Crippen molar-refractivity contribution in [2.75, 3.05) is 0 Å². The van der Waals surface area contributed by atoms with E-state index in [9.17, 15) is 4.79 Å². The summed E-state index contributed by atoms with van der Waals surface area (Å²) < 4.78 is 1.67. The van der Waals surface area contributed by atoms with E-state index in [2.05, 4.69) is 10.1 Å². The van der Waals surface area contributed by atoms with Crippen molar-refractivity contribution in [3.63, 3.8) is 0 Å². The molecule has 2 rings (SSSR count).